The van der Waals surface area contributed by atoms with E-state index >= 15 is 0 Å². The standard InChI is InChI=1S/3HI.Rb/h3*1H;. The fourth-order valence-electron chi connectivity index (χ4n) is 0. The van der Waals surface area contributed by atoms with Crippen LogP contribution in [0.5, 0.6) is 0 Å². The summed E-state index contributed by atoms with van der Waals surface area (Å²) in [5, 5.41) is 0. The molecule has 25 valence electrons. The zero-order chi connectivity index (χ0) is 0. The molecule has 0 N–H and O–H groups in total. The molecule has 0 rings (SSSR count). The Labute approximate surface area is 126 Å². The van der Waals surface area contributed by atoms with Gasteiger partial charge in [-0.2, -0.15) is 0 Å². The Kier molecular flexibility index (Phi) is 96.5. The van der Waals surface area contributed by atoms with Crippen LogP contribution in [0.1, 0.15) is 0 Å². The number of hydrogen-bond acceptors (Lipinski definition) is 0. The third-order valence-electron chi connectivity index (χ3n) is 0. The van der Waals surface area contributed by atoms with E-state index in [0.29, 0.717) is 0 Å². The SMILES string of the molecule is I.I.I.[Rb]. The predicted octanol–water partition coefficient (Wildman–Crippen LogP) is 1.47. The molecule has 0 fully saturated rings. The van der Waals surface area contributed by atoms with Gasteiger partial charge >= 0.3 is 0 Å². The molecule has 0 aromatic carbocycles. The van der Waals surface area contributed by atoms with Gasteiger partial charge in [-0.25, -0.2) is 0 Å². The van der Waals surface area contributed by atoms with Crippen molar-refractivity contribution in [2.45, 2.75) is 0 Å². The van der Waals surface area contributed by atoms with Crippen molar-refractivity contribution in [1.82, 2.24) is 0 Å². The molecule has 0 saturated heterocycles. The Morgan fingerprint density at radius 2 is 0.500 bits per heavy atom. The summed E-state index contributed by atoms with van der Waals surface area (Å²) >= 11 is 0. The van der Waals surface area contributed by atoms with Crippen molar-refractivity contribution in [2.75, 3.05) is 0 Å². The molecular weight excluding hydrogens is 466 g/mol. The molecule has 0 amide bonds. The van der Waals surface area contributed by atoms with Gasteiger partial charge in [-0.15, -0.1) is 71.9 Å². The monoisotopic (exact) mass is 469 g/mol. The maximum absolute atomic E-state index is 0. The van der Waals surface area contributed by atoms with Crippen LogP contribution in [0.4, 0.5) is 0 Å². The molecule has 1 radical (unpaired) electrons. The number of halogens is 3. The molecule has 0 aromatic rings. The molecule has 0 aromatic heterocycles. The molecule has 0 saturated carbocycles. The maximum Gasteiger partial charge on any atom is 0 e. The summed E-state index contributed by atoms with van der Waals surface area (Å²) in [5.41, 5.74) is 0. The quantitative estimate of drug-likeness (QED) is 0.472. The fourth-order valence-corrected chi connectivity index (χ4v) is 0. The summed E-state index contributed by atoms with van der Waals surface area (Å²) in [4.78, 5) is 0. The van der Waals surface area contributed by atoms with E-state index in [2.05, 4.69) is 0 Å². The van der Waals surface area contributed by atoms with E-state index in [0.717, 1.165) is 0 Å². The Balaban J connectivity index is 0. The molecule has 0 bridgehead atoms. The van der Waals surface area contributed by atoms with Gasteiger partial charge < -0.3 is 0 Å². The predicted molar refractivity (Wildman–Crippen MR) is 52.0 cm³/mol. The average molecular weight is 469 g/mol. The molecule has 0 aliphatic carbocycles. The van der Waals surface area contributed by atoms with Gasteiger partial charge in [0, 0.05) is 58.2 Å². The van der Waals surface area contributed by atoms with Gasteiger partial charge in [-0.3, -0.25) is 0 Å². The fraction of sp³-hybridized carbons (Fsp3) is 0. The first-order valence-electron chi connectivity index (χ1n) is 0. The molecule has 0 aliphatic rings. The average Bonchev–Trinajstić information content (AvgIpc) is 0. The van der Waals surface area contributed by atoms with Crippen molar-refractivity contribution >= 4 is 130 Å². The van der Waals surface area contributed by atoms with Crippen molar-refractivity contribution in [3.05, 3.63) is 0 Å². The third-order valence-corrected chi connectivity index (χ3v) is 0. The molecule has 0 nitrogen and oxygen atoms in total. The van der Waals surface area contributed by atoms with Gasteiger partial charge in [0.15, 0.2) is 0 Å². The minimum absolute atomic E-state index is 0. The second-order valence-corrected chi connectivity index (χ2v) is 0. The van der Waals surface area contributed by atoms with E-state index in [1.54, 1.807) is 0 Å². The summed E-state index contributed by atoms with van der Waals surface area (Å²) in [6.45, 7) is 0. The Morgan fingerprint density at radius 1 is 0.500 bits per heavy atom. The van der Waals surface area contributed by atoms with Crippen LogP contribution in [0.3, 0.4) is 0 Å². The zero-order valence-electron chi connectivity index (χ0n) is 2.22. The second kappa shape index (κ2) is 15.8. The maximum atomic E-state index is 0. The van der Waals surface area contributed by atoms with Crippen LogP contribution in [-0.2, 0) is 0 Å². The van der Waals surface area contributed by atoms with E-state index < -0.39 is 0 Å². The van der Waals surface area contributed by atoms with Crippen LogP contribution in [0.25, 0.3) is 0 Å². The van der Waals surface area contributed by atoms with Gasteiger partial charge in [-0.05, 0) is 0 Å². The molecule has 0 aliphatic heterocycles. The Morgan fingerprint density at radius 3 is 0.500 bits per heavy atom. The minimum atomic E-state index is 0. The smallest absolute Gasteiger partial charge is 0 e. The summed E-state index contributed by atoms with van der Waals surface area (Å²) in [7, 11) is 0. The van der Waals surface area contributed by atoms with E-state index in [4.69, 9.17) is 0 Å². The molecule has 4 heavy (non-hydrogen) atoms. The van der Waals surface area contributed by atoms with Crippen LogP contribution in [0, 0.1) is 0 Å². The largest absolute Gasteiger partial charge is 0.107 e. The van der Waals surface area contributed by atoms with Crippen LogP contribution in [0.15, 0.2) is 0 Å². The van der Waals surface area contributed by atoms with Gasteiger partial charge in [0.05, 0.1) is 0 Å². The molecule has 0 atom stereocenters. The van der Waals surface area contributed by atoms with Crippen LogP contribution in [0.2, 0.25) is 0 Å². The Bertz CT molecular complexity index is 3.25. The van der Waals surface area contributed by atoms with Gasteiger partial charge in [0.2, 0.25) is 0 Å². The van der Waals surface area contributed by atoms with Crippen molar-refractivity contribution in [2.24, 2.45) is 0 Å². The Hall–Kier alpha value is 4.00. The molecular formula is H3I3Rb. The van der Waals surface area contributed by atoms with E-state index in [9.17, 15) is 0 Å². The topological polar surface area (TPSA) is 0 Å². The van der Waals surface area contributed by atoms with E-state index in [-0.39, 0.29) is 130 Å². The van der Waals surface area contributed by atoms with Crippen molar-refractivity contribution in [1.29, 1.82) is 0 Å². The summed E-state index contributed by atoms with van der Waals surface area (Å²) < 4.78 is 0. The molecule has 0 spiro atoms. The van der Waals surface area contributed by atoms with E-state index in [1.807, 2.05) is 0 Å². The van der Waals surface area contributed by atoms with Gasteiger partial charge in [-0.1, -0.05) is 0 Å². The zero-order valence-corrected chi connectivity index (χ0v) is 14.1. The van der Waals surface area contributed by atoms with Crippen molar-refractivity contribution in [3.8, 4) is 0 Å². The first kappa shape index (κ1) is 24.5. The molecule has 0 unspecified atom stereocenters. The van der Waals surface area contributed by atoms with Crippen molar-refractivity contribution in [3.63, 3.8) is 0 Å². The van der Waals surface area contributed by atoms with Gasteiger partial charge in [0.1, 0.15) is 0 Å². The summed E-state index contributed by atoms with van der Waals surface area (Å²) in [5.74, 6) is 0. The number of rotatable bonds is 0. The molecule has 0 heterocycles. The second-order valence-electron chi connectivity index (χ2n) is 0. The summed E-state index contributed by atoms with van der Waals surface area (Å²) in [6, 6.07) is 0. The number of hydrogen-bond donors (Lipinski definition) is 0. The first-order chi connectivity index (χ1) is 0. The van der Waals surface area contributed by atoms with Gasteiger partial charge in [0.25, 0.3) is 0 Å². The normalized spacial score (nSPS) is 0. The van der Waals surface area contributed by atoms with Crippen molar-refractivity contribution < 1.29 is 0 Å². The van der Waals surface area contributed by atoms with Crippen LogP contribution < -0.4 is 0 Å². The van der Waals surface area contributed by atoms with Crippen LogP contribution >= 0.6 is 71.9 Å². The first-order valence-corrected chi connectivity index (χ1v) is 0. The summed E-state index contributed by atoms with van der Waals surface area (Å²) in [6.07, 6.45) is 0. The van der Waals surface area contributed by atoms with Crippen LogP contribution in [-0.4, -0.2) is 58.2 Å². The third kappa shape index (κ3) is 9.37. The molecule has 4 heteroatoms. The van der Waals surface area contributed by atoms with E-state index in [1.165, 1.54) is 0 Å². The minimum Gasteiger partial charge on any atom is -0.107 e.